The lowest BCUT2D eigenvalue weighted by molar-refractivity contribution is 0.132. The Hall–Kier alpha value is -2.30. The minimum atomic E-state index is 0.619. The Morgan fingerprint density at radius 1 is 0.933 bits per heavy atom. The smallest absolute Gasteiger partial charge is 0.118 e. The van der Waals surface area contributed by atoms with Gasteiger partial charge in [0.05, 0.1) is 0 Å². The van der Waals surface area contributed by atoms with Crippen LogP contribution in [0.25, 0.3) is 10.8 Å². The van der Waals surface area contributed by atoms with Crippen molar-refractivity contribution >= 4 is 28.2 Å². The second kappa shape index (κ2) is 11.8. The van der Waals surface area contributed by atoms with Crippen molar-refractivity contribution in [1.29, 1.82) is 0 Å². The van der Waals surface area contributed by atoms with Crippen LogP contribution in [0, 0.1) is 0 Å². The summed E-state index contributed by atoms with van der Waals surface area (Å²) in [6.45, 7) is 5.02. The largest absolute Gasteiger partial charge is 0.395 e. The second-order valence-electron chi connectivity index (χ2n) is 7.54. The molecule has 0 aliphatic rings. The van der Waals surface area contributed by atoms with Crippen molar-refractivity contribution in [3.8, 4) is 0 Å². The molecule has 0 bridgehead atoms. The number of hydrogen-bond donors (Lipinski definition) is 0. The van der Waals surface area contributed by atoms with Gasteiger partial charge in [-0.05, 0) is 55.6 Å². The first kappa shape index (κ1) is 22.4. The number of nitrogens with zero attached hydrogens (tertiary/aromatic N) is 2. The van der Waals surface area contributed by atoms with Gasteiger partial charge in [-0.15, -0.1) is 11.8 Å². The number of hydrogen-bond acceptors (Lipinski definition) is 4. The Balaban J connectivity index is 1.80. The summed E-state index contributed by atoms with van der Waals surface area (Å²) in [4.78, 5) is 9.43. The van der Waals surface area contributed by atoms with E-state index >= 15 is 0 Å². The number of thioether (sulfide) groups is 1. The Morgan fingerprint density at radius 3 is 2.43 bits per heavy atom. The van der Waals surface area contributed by atoms with Crippen LogP contribution < -0.4 is 0 Å². The molecule has 0 radical (unpaired) electrons. The average Bonchev–Trinajstić information content (AvgIpc) is 2.80. The fourth-order valence-corrected chi connectivity index (χ4v) is 3.90. The molecule has 0 atom stereocenters. The first-order chi connectivity index (χ1) is 14.7. The van der Waals surface area contributed by atoms with Crippen LogP contribution in [0.1, 0.15) is 37.3 Å². The quantitative estimate of drug-likeness (QED) is 0.154. The van der Waals surface area contributed by atoms with Crippen LogP contribution in [0.2, 0.25) is 0 Å². The molecule has 0 spiro atoms. The monoisotopic (exact) mass is 420 g/mol. The molecule has 0 saturated carbocycles. The van der Waals surface area contributed by atoms with E-state index in [0.717, 1.165) is 36.3 Å². The molecule has 3 aromatic rings. The highest BCUT2D eigenvalue weighted by Crippen LogP contribution is 2.24. The summed E-state index contributed by atoms with van der Waals surface area (Å²) in [5.41, 5.74) is 3.06. The molecule has 3 nitrogen and oxygen atoms in total. The lowest BCUT2D eigenvalue weighted by atomic mass is 9.97. The maximum Gasteiger partial charge on any atom is 0.118 e. The van der Waals surface area contributed by atoms with Gasteiger partial charge in [-0.2, -0.15) is 0 Å². The van der Waals surface area contributed by atoms with Gasteiger partial charge in [0.2, 0.25) is 0 Å². The van der Waals surface area contributed by atoms with Crippen molar-refractivity contribution in [2.75, 3.05) is 33.0 Å². The van der Waals surface area contributed by atoms with Crippen molar-refractivity contribution in [3.63, 3.8) is 0 Å². The Morgan fingerprint density at radius 2 is 1.67 bits per heavy atom. The van der Waals surface area contributed by atoms with Crippen LogP contribution in [0.4, 0.5) is 0 Å². The van der Waals surface area contributed by atoms with Crippen LogP contribution in [-0.2, 0) is 4.84 Å². The fraction of sp³-hybridized carbons (Fsp3) is 0.346. The van der Waals surface area contributed by atoms with Crippen LogP contribution in [-0.4, -0.2) is 43.6 Å². The van der Waals surface area contributed by atoms with E-state index in [1.54, 1.807) is 11.8 Å². The Labute approximate surface area is 185 Å². The molecule has 0 amide bonds. The highest BCUT2D eigenvalue weighted by Gasteiger charge is 2.12. The molecule has 0 unspecified atom stereocenters. The molecular formula is C26H32N2OS. The van der Waals surface area contributed by atoms with E-state index < -0.39 is 0 Å². The number of unbranched alkanes of at least 4 members (excludes halogenated alkanes) is 1. The molecular weight excluding hydrogens is 388 g/mol. The SMILES string of the molecule is CCCCN(C)CCCO/N=C(\c1ccc(SC)cc1)c1cccc2ccccc12. The summed E-state index contributed by atoms with van der Waals surface area (Å²) in [6.07, 6.45) is 5.54. The molecule has 4 heteroatoms. The maximum absolute atomic E-state index is 5.82. The van der Waals surface area contributed by atoms with E-state index in [-0.39, 0.29) is 0 Å². The fourth-order valence-electron chi connectivity index (χ4n) is 3.49. The van der Waals surface area contributed by atoms with Crippen molar-refractivity contribution in [2.45, 2.75) is 31.1 Å². The zero-order valence-electron chi connectivity index (χ0n) is 18.3. The van der Waals surface area contributed by atoms with Crippen LogP contribution in [0.15, 0.2) is 76.8 Å². The highest BCUT2D eigenvalue weighted by atomic mass is 32.2. The van der Waals surface area contributed by atoms with Crippen LogP contribution >= 0.6 is 11.8 Å². The van der Waals surface area contributed by atoms with Gasteiger partial charge in [0.25, 0.3) is 0 Å². The maximum atomic E-state index is 5.82. The molecule has 0 heterocycles. The summed E-state index contributed by atoms with van der Waals surface area (Å²) in [7, 11) is 2.17. The van der Waals surface area contributed by atoms with E-state index in [4.69, 9.17) is 4.84 Å². The van der Waals surface area contributed by atoms with E-state index in [1.807, 2.05) is 0 Å². The normalized spacial score (nSPS) is 11.9. The first-order valence-electron chi connectivity index (χ1n) is 10.7. The van der Waals surface area contributed by atoms with E-state index in [9.17, 15) is 0 Å². The predicted molar refractivity (Wildman–Crippen MR) is 131 cm³/mol. The van der Waals surface area contributed by atoms with Gasteiger partial charge in [0.15, 0.2) is 0 Å². The Bertz CT molecular complexity index is 947. The average molecular weight is 421 g/mol. The van der Waals surface area contributed by atoms with Crippen molar-refractivity contribution in [3.05, 3.63) is 77.9 Å². The lowest BCUT2D eigenvalue weighted by Crippen LogP contribution is -2.21. The van der Waals surface area contributed by atoms with Gasteiger partial charge < -0.3 is 9.74 Å². The van der Waals surface area contributed by atoms with Gasteiger partial charge in [-0.3, -0.25) is 0 Å². The van der Waals surface area contributed by atoms with Gasteiger partial charge in [-0.1, -0.05) is 73.1 Å². The van der Waals surface area contributed by atoms with Gasteiger partial charge >= 0.3 is 0 Å². The summed E-state index contributed by atoms with van der Waals surface area (Å²) in [6, 6.07) is 23.3. The van der Waals surface area contributed by atoms with Crippen LogP contribution in [0.5, 0.6) is 0 Å². The number of fused-ring (bicyclic) bond motifs is 1. The van der Waals surface area contributed by atoms with Crippen molar-refractivity contribution in [1.82, 2.24) is 4.90 Å². The molecule has 3 rings (SSSR count). The molecule has 0 aliphatic carbocycles. The number of benzene rings is 3. The second-order valence-corrected chi connectivity index (χ2v) is 8.42. The van der Waals surface area contributed by atoms with Gasteiger partial charge in [-0.25, -0.2) is 0 Å². The first-order valence-corrected chi connectivity index (χ1v) is 12.0. The lowest BCUT2D eigenvalue weighted by Gasteiger charge is -2.15. The topological polar surface area (TPSA) is 24.8 Å². The molecule has 0 aliphatic heterocycles. The molecule has 0 fully saturated rings. The molecule has 30 heavy (non-hydrogen) atoms. The third kappa shape index (κ3) is 6.10. The van der Waals surface area contributed by atoms with Crippen LogP contribution in [0.3, 0.4) is 0 Å². The molecule has 0 saturated heterocycles. The summed E-state index contributed by atoms with van der Waals surface area (Å²) in [5, 5.41) is 7.02. The zero-order valence-corrected chi connectivity index (χ0v) is 19.1. The third-order valence-electron chi connectivity index (χ3n) is 5.23. The van der Waals surface area contributed by atoms with Gasteiger partial charge in [0, 0.05) is 22.6 Å². The molecule has 3 aromatic carbocycles. The predicted octanol–water partition coefficient (Wildman–Crippen LogP) is 6.45. The van der Waals surface area contributed by atoms with Crippen molar-refractivity contribution < 1.29 is 4.84 Å². The molecule has 0 N–H and O–H groups in total. The van der Waals surface area contributed by atoms with Crippen molar-refractivity contribution in [2.24, 2.45) is 5.16 Å². The van der Waals surface area contributed by atoms with E-state index in [0.29, 0.717) is 6.61 Å². The number of rotatable bonds is 11. The zero-order chi connectivity index (χ0) is 21.2. The summed E-state index contributed by atoms with van der Waals surface area (Å²) in [5.74, 6) is 0. The third-order valence-corrected chi connectivity index (χ3v) is 5.98. The molecule has 158 valence electrons. The number of oxime groups is 1. The highest BCUT2D eigenvalue weighted by molar-refractivity contribution is 7.98. The van der Waals surface area contributed by atoms with E-state index in [1.165, 1.54) is 28.5 Å². The van der Waals surface area contributed by atoms with Gasteiger partial charge in [0.1, 0.15) is 12.3 Å². The van der Waals surface area contributed by atoms with E-state index in [2.05, 4.69) is 97.0 Å². The Kier molecular flexibility index (Phi) is 8.79. The standard InChI is InChI=1S/C26H32N2OS/c1-4-5-18-28(2)19-9-20-29-27-26(22-14-16-23(30-3)17-15-22)25-13-8-11-21-10-6-7-12-24(21)25/h6-8,10-17H,4-5,9,18-20H2,1-3H3/b27-26+. The minimum Gasteiger partial charge on any atom is -0.395 e. The minimum absolute atomic E-state index is 0.619. The summed E-state index contributed by atoms with van der Waals surface area (Å²) < 4.78 is 0. The molecule has 0 aromatic heterocycles. The summed E-state index contributed by atoms with van der Waals surface area (Å²) >= 11 is 1.74.